The van der Waals surface area contributed by atoms with E-state index in [9.17, 15) is 0 Å². The molecule has 0 amide bonds. The molecular formula is C57H46N2. The van der Waals surface area contributed by atoms with E-state index < -0.39 is 0 Å². The van der Waals surface area contributed by atoms with Crippen molar-refractivity contribution in [1.82, 2.24) is 0 Å². The average Bonchev–Trinajstić information content (AvgIpc) is 3.64. The lowest BCUT2D eigenvalue weighted by atomic mass is 9.82. The van der Waals surface area contributed by atoms with Gasteiger partial charge in [-0.1, -0.05) is 161 Å². The molecule has 9 aromatic rings. The van der Waals surface area contributed by atoms with Gasteiger partial charge in [-0.2, -0.15) is 0 Å². The lowest BCUT2D eigenvalue weighted by Gasteiger charge is -2.32. The molecular weight excluding hydrogens is 713 g/mol. The zero-order chi connectivity index (χ0) is 40.0. The van der Waals surface area contributed by atoms with Crippen LogP contribution in [-0.4, -0.2) is 0 Å². The summed E-state index contributed by atoms with van der Waals surface area (Å²) in [5.41, 5.74) is 18.7. The van der Waals surface area contributed by atoms with Crippen LogP contribution >= 0.6 is 0 Å². The largest absolute Gasteiger partial charge is 0.310 e. The van der Waals surface area contributed by atoms with Crippen LogP contribution in [0.3, 0.4) is 0 Å². The molecule has 0 N–H and O–H groups in total. The molecule has 2 heteroatoms. The van der Waals surface area contributed by atoms with Gasteiger partial charge in [-0.15, -0.1) is 0 Å². The van der Waals surface area contributed by atoms with Gasteiger partial charge in [0.2, 0.25) is 0 Å². The van der Waals surface area contributed by atoms with E-state index in [-0.39, 0.29) is 10.8 Å². The highest BCUT2D eigenvalue weighted by molar-refractivity contribution is 6.02. The fourth-order valence-corrected chi connectivity index (χ4v) is 10.3. The predicted molar refractivity (Wildman–Crippen MR) is 251 cm³/mol. The Labute approximate surface area is 347 Å². The van der Waals surface area contributed by atoms with Crippen molar-refractivity contribution in [3.8, 4) is 22.3 Å². The fourth-order valence-electron chi connectivity index (χ4n) is 10.3. The van der Waals surface area contributed by atoms with Crippen LogP contribution in [0.5, 0.6) is 0 Å². The summed E-state index contributed by atoms with van der Waals surface area (Å²) in [5.74, 6) is 0. The summed E-state index contributed by atoms with van der Waals surface area (Å²) in [6, 6.07) is 69.9. The molecule has 0 spiro atoms. The molecule has 0 aromatic heterocycles. The summed E-state index contributed by atoms with van der Waals surface area (Å²) in [6.07, 6.45) is 0. The summed E-state index contributed by atoms with van der Waals surface area (Å²) >= 11 is 0. The second kappa shape index (κ2) is 13.1. The summed E-state index contributed by atoms with van der Waals surface area (Å²) in [5, 5.41) is 4.89. The molecule has 284 valence electrons. The number of aryl methyl sites for hydroxylation is 1. The second-order valence-electron chi connectivity index (χ2n) is 17.4. The van der Waals surface area contributed by atoms with Crippen molar-refractivity contribution in [2.45, 2.75) is 45.4 Å². The average molecular weight is 759 g/mol. The molecule has 0 aliphatic heterocycles. The van der Waals surface area contributed by atoms with Crippen LogP contribution < -0.4 is 9.80 Å². The van der Waals surface area contributed by atoms with E-state index in [2.05, 4.69) is 232 Å². The third-order valence-electron chi connectivity index (χ3n) is 13.3. The van der Waals surface area contributed by atoms with E-state index in [0.717, 1.165) is 28.4 Å². The molecule has 0 radical (unpaired) electrons. The van der Waals surface area contributed by atoms with Gasteiger partial charge in [-0.05, 0) is 122 Å². The van der Waals surface area contributed by atoms with Crippen molar-refractivity contribution in [1.29, 1.82) is 0 Å². The zero-order valence-electron chi connectivity index (χ0n) is 34.3. The Morgan fingerprint density at radius 2 is 0.729 bits per heavy atom. The molecule has 0 fully saturated rings. The Morgan fingerprint density at radius 1 is 0.322 bits per heavy atom. The minimum Gasteiger partial charge on any atom is -0.310 e. The number of fused-ring (bicyclic) bond motifs is 8. The first-order chi connectivity index (χ1) is 28.7. The summed E-state index contributed by atoms with van der Waals surface area (Å²) in [7, 11) is 0. The number of benzene rings is 9. The van der Waals surface area contributed by atoms with E-state index in [1.165, 1.54) is 77.3 Å². The molecule has 0 bridgehead atoms. The molecule has 9 aromatic carbocycles. The maximum Gasteiger partial charge on any atom is 0.0540 e. The predicted octanol–water partition coefficient (Wildman–Crippen LogP) is 15.9. The van der Waals surface area contributed by atoms with Gasteiger partial charge in [-0.3, -0.25) is 0 Å². The van der Waals surface area contributed by atoms with Crippen molar-refractivity contribution < 1.29 is 0 Å². The molecule has 2 aliphatic carbocycles. The van der Waals surface area contributed by atoms with Gasteiger partial charge in [0.25, 0.3) is 0 Å². The summed E-state index contributed by atoms with van der Waals surface area (Å²) < 4.78 is 0. The lowest BCUT2D eigenvalue weighted by Crippen LogP contribution is -2.18. The van der Waals surface area contributed by atoms with Crippen molar-refractivity contribution in [2.24, 2.45) is 0 Å². The molecule has 2 aliphatic rings. The maximum atomic E-state index is 2.48. The van der Waals surface area contributed by atoms with Crippen molar-refractivity contribution >= 4 is 55.7 Å². The normalized spacial score (nSPS) is 14.1. The topological polar surface area (TPSA) is 6.48 Å². The van der Waals surface area contributed by atoms with Crippen LogP contribution in [0.15, 0.2) is 188 Å². The molecule has 0 atom stereocenters. The minimum absolute atomic E-state index is 0.114. The Balaban J connectivity index is 1.10. The molecule has 0 heterocycles. The van der Waals surface area contributed by atoms with Crippen LogP contribution in [-0.2, 0) is 10.8 Å². The van der Waals surface area contributed by atoms with Crippen LogP contribution in [0.2, 0.25) is 0 Å². The standard InChI is InChI=1S/C57H46N2/c1-37-34-40(58(54-26-14-18-38-16-6-8-20-43(38)54)41-28-31-47-45-22-10-12-24-49(45)56(2,3)51(47)35-41)30-33-53(37)59(55-27-15-19-39-17-7-9-21-44(39)55)42-29-32-48-46-23-11-13-25-50(46)57(4,5)52(48)36-42/h6-36H,1-5H3. The van der Waals surface area contributed by atoms with E-state index in [1.54, 1.807) is 0 Å². The van der Waals surface area contributed by atoms with E-state index >= 15 is 0 Å². The van der Waals surface area contributed by atoms with Gasteiger partial charge >= 0.3 is 0 Å². The number of hydrogen-bond donors (Lipinski definition) is 0. The summed E-state index contributed by atoms with van der Waals surface area (Å²) in [6.45, 7) is 11.7. The van der Waals surface area contributed by atoms with Gasteiger partial charge in [0, 0.05) is 44.4 Å². The van der Waals surface area contributed by atoms with E-state index in [1.807, 2.05) is 0 Å². The smallest absolute Gasteiger partial charge is 0.0540 e. The van der Waals surface area contributed by atoms with Gasteiger partial charge in [-0.25, -0.2) is 0 Å². The SMILES string of the molecule is Cc1cc(N(c2ccc3c(c2)C(C)(C)c2ccccc2-3)c2cccc3ccccc23)ccc1N(c1ccc2c(c1)C(C)(C)c1ccccc1-2)c1cccc2ccccc12. The molecule has 0 unspecified atom stereocenters. The Morgan fingerprint density at radius 3 is 1.27 bits per heavy atom. The minimum atomic E-state index is -0.115. The van der Waals surface area contributed by atoms with Crippen LogP contribution in [0.25, 0.3) is 43.8 Å². The maximum absolute atomic E-state index is 2.48. The number of hydrogen-bond acceptors (Lipinski definition) is 2. The fraction of sp³-hybridized carbons (Fsp3) is 0.123. The van der Waals surface area contributed by atoms with E-state index in [0.29, 0.717) is 0 Å². The molecule has 11 rings (SSSR count). The first kappa shape index (κ1) is 35.3. The van der Waals surface area contributed by atoms with E-state index in [4.69, 9.17) is 0 Å². The monoisotopic (exact) mass is 758 g/mol. The first-order valence-electron chi connectivity index (χ1n) is 20.9. The Kier molecular flexibility index (Phi) is 7.81. The number of anilines is 6. The van der Waals surface area contributed by atoms with Crippen LogP contribution in [0.1, 0.15) is 55.5 Å². The third-order valence-corrected chi connectivity index (χ3v) is 13.3. The van der Waals surface area contributed by atoms with Gasteiger partial charge in [0.15, 0.2) is 0 Å². The highest BCUT2D eigenvalue weighted by Gasteiger charge is 2.37. The highest BCUT2D eigenvalue weighted by Crippen LogP contribution is 2.53. The number of nitrogens with zero attached hydrogens (tertiary/aromatic N) is 2. The Bertz CT molecular complexity index is 3140. The molecule has 0 saturated heterocycles. The van der Waals surface area contributed by atoms with Gasteiger partial charge in [0.05, 0.1) is 11.4 Å². The zero-order valence-corrected chi connectivity index (χ0v) is 34.3. The number of rotatable bonds is 6. The highest BCUT2D eigenvalue weighted by atomic mass is 15.2. The Hall–Kier alpha value is -6.90. The third kappa shape index (κ3) is 5.33. The second-order valence-corrected chi connectivity index (χ2v) is 17.4. The van der Waals surface area contributed by atoms with Crippen LogP contribution in [0, 0.1) is 6.92 Å². The van der Waals surface area contributed by atoms with Crippen molar-refractivity contribution in [3.05, 3.63) is 216 Å². The van der Waals surface area contributed by atoms with Gasteiger partial charge in [0.1, 0.15) is 0 Å². The van der Waals surface area contributed by atoms with Crippen molar-refractivity contribution in [3.63, 3.8) is 0 Å². The van der Waals surface area contributed by atoms with Crippen molar-refractivity contribution in [2.75, 3.05) is 9.80 Å². The first-order valence-corrected chi connectivity index (χ1v) is 20.9. The van der Waals surface area contributed by atoms with Crippen LogP contribution in [0.4, 0.5) is 34.1 Å². The van der Waals surface area contributed by atoms with Gasteiger partial charge < -0.3 is 9.80 Å². The summed E-state index contributed by atoms with van der Waals surface area (Å²) in [4.78, 5) is 4.95. The molecule has 2 nitrogen and oxygen atoms in total. The molecule has 0 saturated carbocycles. The quantitative estimate of drug-likeness (QED) is 0.167. The molecule has 59 heavy (non-hydrogen) atoms. The lowest BCUT2D eigenvalue weighted by molar-refractivity contribution is 0.660.